The van der Waals surface area contributed by atoms with E-state index in [2.05, 4.69) is 16.0 Å². The van der Waals surface area contributed by atoms with Gasteiger partial charge in [0, 0.05) is 25.6 Å². The molecule has 1 aromatic rings. The van der Waals surface area contributed by atoms with Gasteiger partial charge in [0.2, 0.25) is 5.91 Å². The fourth-order valence-electron chi connectivity index (χ4n) is 1.63. The Morgan fingerprint density at radius 3 is 2.79 bits per heavy atom. The summed E-state index contributed by atoms with van der Waals surface area (Å²) in [4.78, 5) is 24.1. The van der Waals surface area contributed by atoms with E-state index in [9.17, 15) is 9.59 Å². The van der Waals surface area contributed by atoms with Crippen LogP contribution >= 0.6 is 23.7 Å². The summed E-state index contributed by atoms with van der Waals surface area (Å²) in [5.74, 6) is 0.193. The van der Waals surface area contributed by atoms with Gasteiger partial charge < -0.3 is 16.0 Å². The van der Waals surface area contributed by atoms with Gasteiger partial charge in [-0.3, -0.25) is 9.59 Å². The zero-order valence-corrected chi connectivity index (χ0v) is 12.3. The maximum atomic E-state index is 11.7. The van der Waals surface area contributed by atoms with Crippen molar-refractivity contribution in [3.8, 4) is 0 Å². The molecule has 7 heteroatoms. The smallest absolute Gasteiger partial charge is 0.261 e. The minimum absolute atomic E-state index is 0. The molecule has 1 unspecified atom stereocenters. The van der Waals surface area contributed by atoms with Gasteiger partial charge in [0.1, 0.15) is 6.04 Å². The van der Waals surface area contributed by atoms with Crippen LogP contribution in [0, 0.1) is 5.92 Å². The summed E-state index contributed by atoms with van der Waals surface area (Å²) in [6, 6.07) is 3.05. The molecule has 0 radical (unpaired) electrons. The molecule has 1 aromatic heterocycles. The van der Waals surface area contributed by atoms with E-state index in [0.717, 1.165) is 13.1 Å². The Kier molecular flexibility index (Phi) is 6.27. The lowest BCUT2D eigenvalue weighted by atomic mass is 10.0. The van der Waals surface area contributed by atoms with Crippen molar-refractivity contribution in [2.45, 2.75) is 13.0 Å². The zero-order chi connectivity index (χ0) is 13.0. The molecule has 0 aliphatic carbocycles. The topological polar surface area (TPSA) is 70.2 Å². The van der Waals surface area contributed by atoms with Crippen molar-refractivity contribution < 1.29 is 9.59 Å². The van der Waals surface area contributed by atoms with E-state index in [-0.39, 0.29) is 24.2 Å². The SMILES string of the molecule is CC(NC(=O)c1cccs1)C(=O)NCC1CNC1.Cl. The fraction of sp³-hybridized carbons (Fsp3) is 0.500. The van der Waals surface area contributed by atoms with Crippen molar-refractivity contribution >= 4 is 35.6 Å². The molecular formula is C12H18ClN3O2S. The Hall–Kier alpha value is -1.11. The van der Waals surface area contributed by atoms with Crippen LogP contribution < -0.4 is 16.0 Å². The number of carbonyl (C=O) groups is 2. The van der Waals surface area contributed by atoms with Crippen molar-refractivity contribution in [2.75, 3.05) is 19.6 Å². The van der Waals surface area contributed by atoms with Crippen LogP contribution in [0.25, 0.3) is 0 Å². The van der Waals surface area contributed by atoms with Crippen molar-refractivity contribution in [1.29, 1.82) is 0 Å². The Bertz CT molecular complexity index is 421. The van der Waals surface area contributed by atoms with Crippen molar-refractivity contribution in [1.82, 2.24) is 16.0 Å². The number of nitrogens with one attached hydrogen (secondary N) is 3. The second-order valence-electron chi connectivity index (χ2n) is 4.44. The molecule has 0 spiro atoms. The number of halogens is 1. The maximum absolute atomic E-state index is 11.7. The van der Waals surface area contributed by atoms with Crippen LogP contribution in [0.1, 0.15) is 16.6 Å². The standard InChI is InChI=1S/C12H17N3O2S.ClH/c1-8(11(16)14-7-9-5-13-6-9)15-12(17)10-3-2-4-18-10;/h2-4,8-9,13H,5-7H2,1H3,(H,14,16)(H,15,17);1H. The number of hydrogen-bond acceptors (Lipinski definition) is 4. The Morgan fingerprint density at radius 1 is 1.53 bits per heavy atom. The molecule has 1 aliphatic heterocycles. The molecule has 1 saturated heterocycles. The third-order valence-electron chi connectivity index (χ3n) is 2.92. The highest BCUT2D eigenvalue weighted by Crippen LogP contribution is 2.08. The lowest BCUT2D eigenvalue weighted by Crippen LogP contribution is -2.51. The van der Waals surface area contributed by atoms with Gasteiger partial charge in [-0.2, -0.15) is 0 Å². The van der Waals surface area contributed by atoms with Crippen LogP contribution in [-0.2, 0) is 4.79 Å². The summed E-state index contributed by atoms with van der Waals surface area (Å²) in [5.41, 5.74) is 0. The first-order chi connectivity index (χ1) is 8.66. The summed E-state index contributed by atoms with van der Waals surface area (Å²) in [7, 11) is 0. The summed E-state index contributed by atoms with van der Waals surface area (Å²) < 4.78 is 0. The van der Waals surface area contributed by atoms with Crippen molar-refractivity contribution in [2.24, 2.45) is 5.92 Å². The van der Waals surface area contributed by atoms with Gasteiger partial charge in [0.15, 0.2) is 0 Å². The first kappa shape index (κ1) is 15.9. The highest BCUT2D eigenvalue weighted by atomic mass is 35.5. The van der Waals surface area contributed by atoms with Gasteiger partial charge in [-0.1, -0.05) is 6.07 Å². The molecule has 0 saturated carbocycles. The molecule has 2 rings (SSSR count). The second-order valence-corrected chi connectivity index (χ2v) is 5.39. The number of thiophene rings is 1. The lowest BCUT2D eigenvalue weighted by Gasteiger charge is -2.27. The van der Waals surface area contributed by atoms with E-state index in [0.29, 0.717) is 17.3 Å². The number of rotatable bonds is 5. The number of carbonyl (C=O) groups excluding carboxylic acids is 2. The average molecular weight is 304 g/mol. The maximum Gasteiger partial charge on any atom is 0.261 e. The zero-order valence-electron chi connectivity index (χ0n) is 10.6. The largest absolute Gasteiger partial charge is 0.354 e. The summed E-state index contributed by atoms with van der Waals surface area (Å²) in [6.07, 6.45) is 0. The molecule has 106 valence electrons. The first-order valence-corrected chi connectivity index (χ1v) is 6.87. The average Bonchev–Trinajstić information content (AvgIpc) is 2.79. The number of hydrogen-bond donors (Lipinski definition) is 3. The molecule has 0 aromatic carbocycles. The third-order valence-corrected chi connectivity index (χ3v) is 3.79. The van der Waals surface area contributed by atoms with Crippen molar-refractivity contribution in [3.63, 3.8) is 0 Å². The summed E-state index contributed by atoms with van der Waals surface area (Å²) >= 11 is 1.36. The molecule has 2 heterocycles. The molecule has 1 atom stereocenters. The molecular weight excluding hydrogens is 286 g/mol. The van der Waals surface area contributed by atoms with Gasteiger partial charge in [0.25, 0.3) is 5.91 Å². The first-order valence-electron chi connectivity index (χ1n) is 5.99. The van der Waals surface area contributed by atoms with E-state index < -0.39 is 6.04 Å². The van der Waals surface area contributed by atoms with E-state index in [1.165, 1.54) is 11.3 Å². The van der Waals surface area contributed by atoms with Crippen LogP contribution in [0.2, 0.25) is 0 Å². The lowest BCUT2D eigenvalue weighted by molar-refractivity contribution is -0.122. The Morgan fingerprint density at radius 2 is 2.26 bits per heavy atom. The molecule has 5 nitrogen and oxygen atoms in total. The predicted octanol–water partition coefficient (Wildman–Crippen LogP) is 0.624. The molecule has 3 N–H and O–H groups in total. The van der Waals surface area contributed by atoms with Crippen LogP contribution in [-0.4, -0.2) is 37.5 Å². The van der Waals surface area contributed by atoms with Gasteiger partial charge in [0.05, 0.1) is 4.88 Å². The minimum atomic E-state index is -0.507. The van der Waals surface area contributed by atoms with Gasteiger partial charge in [-0.05, 0) is 18.4 Å². The molecule has 2 amide bonds. The van der Waals surface area contributed by atoms with E-state index in [1.54, 1.807) is 13.0 Å². The van der Waals surface area contributed by atoms with E-state index in [4.69, 9.17) is 0 Å². The third kappa shape index (κ3) is 4.49. The molecule has 1 aliphatic rings. The second kappa shape index (κ2) is 7.47. The van der Waals surface area contributed by atoms with Gasteiger partial charge in [-0.15, -0.1) is 23.7 Å². The number of amides is 2. The van der Waals surface area contributed by atoms with Crippen LogP contribution in [0.5, 0.6) is 0 Å². The minimum Gasteiger partial charge on any atom is -0.354 e. The Balaban J connectivity index is 0.00000180. The van der Waals surface area contributed by atoms with E-state index >= 15 is 0 Å². The van der Waals surface area contributed by atoms with E-state index in [1.807, 2.05) is 11.4 Å². The summed E-state index contributed by atoms with van der Waals surface area (Å²) in [5, 5.41) is 10.5. The highest BCUT2D eigenvalue weighted by Gasteiger charge is 2.20. The molecule has 0 bridgehead atoms. The van der Waals surface area contributed by atoms with Crippen LogP contribution in [0.4, 0.5) is 0 Å². The quantitative estimate of drug-likeness (QED) is 0.747. The van der Waals surface area contributed by atoms with Gasteiger partial charge in [-0.25, -0.2) is 0 Å². The highest BCUT2D eigenvalue weighted by molar-refractivity contribution is 7.12. The monoisotopic (exact) mass is 303 g/mol. The van der Waals surface area contributed by atoms with Crippen molar-refractivity contribution in [3.05, 3.63) is 22.4 Å². The van der Waals surface area contributed by atoms with Crippen LogP contribution in [0.3, 0.4) is 0 Å². The normalized spacial score (nSPS) is 15.8. The summed E-state index contributed by atoms with van der Waals surface area (Å²) in [6.45, 7) is 4.28. The Labute approximate surface area is 122 Å². The van der Waals surface area contributed by atoms with Gasteiger partial charge >= 0.3 is 0 Å². The molecule has 1 fully saturated rings. The fourth-order valence-corrected chi connectivity index (χ4v) is 2.26. The predicted molar refractivity (Wildman–Crippen MR) is 77.9 cm³/mol. The molecule has 19 heavy (non-hydrogen) atoms. The van der Waals surface area contributed by atoms with Crippen LogP contribution in [0.15, 0.2) is 17.5 Å².